The van der Waals surface area contributed by atoms with E-state index in [0.29, 0.717) is 12.0 Å². The van der Waals surface area contributed by atoms with E-state index in [0.717, 1.165) is 5.11 Å². The number of nitrogens with one attached hydrogen (secondary N) is 2. The van der Waals surface area contributed by atoms with Crippen molar-refractivity contribution in [3.63, 3.8) is 0 Å². The van der Waals surface area contributed by atoms with Gasteiger partial charge >= 0.3 is 0 Å². The van der Waals surface area contributed by atoms with E-state index < -0.39 is 0 Å². The van der Waals surface area contributed by atoms with Gasteiger partial charge in [-0.05, 0) is 53.6 Å². The third-order valence-electron chi connectivity index (χ3n) is 3.95. The predicted molar refractivity (Wildman–Crippen MR) is 98.6 cm³/mol. The van der Waals surface area contributed by atoms with Crippen molar-refractivity contribution in [3.8, 4) is 0 Å². The quantitative estimate of drug-likeness (QED) is 0.784. The fourth-order valence-corrected chi connectivity index (χ4v) is 3.52. The van der Waals surface area contributed by atoms with Crippen LogP contribution in [0.3, 0.4) is 0 Å². The Hall–Kier alpha value is -1.39. The molecule has 1 aromatic carbocycles. The molecule has 4 heteroatoms. The second-order valence-electron chi connectivity index (χ2n) is 6.16. The van der Waals surface area contributed by atoms with Crippen LogP contribution in [-0.4, -0.2) is 11.2 Å². The van der Waals surface area contributed by atoms with Gasteiger partial charge in [0.1, 0.15) is 0 Å². The largest absolute Gasteiger partial charge is 0.360 e. The monoisotopic (exact) mass is 330 g/mol. The van der Waals surface area contributed by atoms with E-state index in [4.69, 9.17) is 12.2 Å². The Bertz CT molecular complexity index is 613. The summed E-state index contributed by atoms with van der Waals surface area (Å²) in [4.78, 5) is 1.29. The number of thiophene rings is 1. The molecule has 1 atom stereocenters. The molecule has 0 unspecified atom stereocenters. The Kier molecular flexibility index (Phi) is 4.79. The lowest BCUT2D eigenvalue weighted by molar-refractivity contribution is 0.744. The normalized spacial score (nSPS) is 15.6. The van der Waals surface area contributed by atoms with Crippen molar-refractivity contribution >= 4 is 28.7 Å². The highest BCUT2D eigenvalue weighted by Crippen LogP contribution is 2.28. The first-order valence-corrected chi connectivity index (χ1v) is 9.12. The lowest BCUT2D eigenvalue weighted by Gasteiger charge is -2.21. The number of hydrogen-bond donors (Lipinski definition) is 2. The topological polar surface area (TPSA) is 24.1 Å². The molecule has 3 rings (SSSR count). The molecule has 1 aliphatic rings. The van der Waals surface area contributed by atoms with Crippen molar-refractivity contribution in [1.82, 2.24) is 10.6 Å². The molecule has 1 aromatic heterocycles. The molecule has 0 spiro atoms. The number of rotatable bonds is 5. The van der Waals surface area contributed by atoms with Crippen molar-refractivity contribution in [3.05, 3.63) is 57.8 Å². The molecule has 2 nitrogen and oxygen atoms in total. The van der Waals surface area contributed by atoms with E-state index in [-0.39, 0.29) is 6.04 Å². The lowest BCUT2D eigenvalue weighted by Crippen LogP contribution is -2.39. The van der Waals surface area contributed by atoms with Gasteiger partial charge in [0, 0.05) is 10.9 Å². The first-order chi connectivity index (χ1) is 10.6. The summed E-state index contributed by atoms with van der Waals surface area (Å²) in [6.45, 7) is 4.44. The van der Waals surface area contributed by atoms with Crippen LogP contribution in [0.5, 0.6) is 0 Å². The predicted octanol–water partition coefficient (Wildman–Crippen LogP) is 4.59. The average Bonchev–Trinajstić information content (AvgIpc) is 3.15. The molecular weight excluding hydrogens is 308 g/mol. The standard InChI is InChI=1S/C18H22N2S2/c1-12(2)13-5-7-14(8-6-13)17(16-4-3-11-22-16)20-18(21)19-15-9-10-15/h3-8,11-12,15,17H,9-10H2,1-2H3,(H2,19,20,21)/t17-/m0/s1. The van der Waals surface area contributed by atoms with Crippen LogP contribution in [0.15, 0.2) is 41.8 Å². The minimum atomic E-state index is 0.125. The molecule has 0 bridgehead atoms. The SMILES string of the molecule is CC(C)c1ccc([C@H](NC(=S)NC2CC2)c2cccs2)cc1. The van der Waals surface area contributed by atoms with E-state index in [1.807, 2.05) is 0 Å². The number of hydrogen-bond acceptors (Lipinski definition) is 2. The maximum absolute atomic E-state index is 5.47. The van der Waals surface area contributed by atoms with E-state index in [2.05, 4.69) is 66.3 Å². The molecular formula is C18H22N2S2. The number of benzene rings is 1. The molecule has 2 N–H and O–H groups in total. The summed E-state index contributed by atoms with van der Waals surface area (Å²) in [5.41, 5.74) is 2.62. The zero-order chi connectivity index (χ0) is 15.5. The molecule has 116 valence electrons. The molecule has 1 fully saturated rings. The van der Waals surface area contributed by atoms with Gasteiger partial charge in [-0.1, -0.05) is 44.2 Å². The average molecular weight is 331 g/mol. The maximum Gasteiger partial charge on any atom is 0.167 e. The summed E-state index contributed by atoms with van der Waals surface area (Å²) in [5.74, 6) is 0.555. The van der Waals surface area contributed by atoms with Crippen LogP contribution in [0.2, 0.25) is 0 Å². The molecule has 0 aliphatic heterocycles. The Balaban J connectivity index is 1.79. The van der Waals surface area contributed by atoms with Crippen LogP contribution in [-0.2, 0) is 0 Å². The van der Waals surface area contributed by atoms with Gasteiger partial charge in [0.15, 0.2) is 5.11 Å². The van der Waals surface area contributed by atoms with Crippen molar-refractivity contribution in [2.75, 3.05) is 0 Å². The third-order valence-corrected chi connectivity index (χ3v) is 5.13. The summed E-state index contributed by atoms with van der Waals surface area (Å²) in [6.07, 6.45) is 2.46. The second-order valence-corrected chi connectivity index (χ2v) is 7.55. The summed E-state index contributed by atoms with van der Waals surface area (Å²) in [6, 6.07) is 13.8. The van der Waals surface area contributed by atoms with Crippen LogP contribution in [0, 0.1) is 0 Å². The van der Waals surface area contributed by atoms with Gasteiger partial charge in [-0.3, -0.25) is 0 Å². The molecule has 1 aliphatic carbocycles. The van der Waals surface area contributed by atoms with Gasteiger partial charge in [-0.2, -0.15) is 0 Å². The Labute approximate surface area is 142 Å². The van der Waals surface area contributed by atoms with Gasteiger partial charge in [0.25, 0.3) is 0 Å². The van der Waals surface area contributed by atoms with Gasteiger partial charge in [0.05, 0.1) is 6.04 Å². The summed E-state index contributed by atoms with van der Waals surface area (Å²) < 4.78 is 0. The van der Waals surface area contributed by atoms with E-state index >= 15 is 0 Å². The van der Waals surface area contributed by atoms with Crippen LogP contribution < -0.4 is 10.6 Å². The fourth-order valence-electron chi connectivity index (χ4n) is 2.43. The zero-order valence-corrected chi connectivity index (χ0v) is 14.6. The van der Waals surface area contributed by atoms with Crippen molar-refractivity contribution < 1.29 is 0 Å². The maximum atomic E-state index is 5.47. The Morgan fingerprint density at radius 3 is 2.36 bits per heavy atom. The van der Waals surface area contributed by atoms with E-state index in [1.54, 1.807) is 11.3 Å². The summed E-state index contributed by atoms with van der Waals surface area (Å²) in [5, 5.41) is 9.73. The molecule has 1 heterocycles. The van der Waals surface area contributed by atoms with Crippen LogP contribution in [0.25, 0.3) is 0 Å². The van der Waals surface area contributed by atoms with E-state index in [1.165, 1.54) is 28.8 Å². The lowest BCUT2D eigenvalue weighted by atomic mass is 9.98. The molecule has 22 heavy (non-hydrogen) atoms. The molecule has 0 radical (unpaired) electrons. The molecule has 1 saturated carbocycles. The van der Waals surface area contributed by atoms with Crippen molar-refractivity contribution in [2.24, 2.45) is 0 Å². The second kappa shape index (κ2) is 6.80. The van der Waals surface area contributed by atoms with Crippen LogP contribution in [0.4, 0.5) is 0 Å². The third kappa shape index (κ3) is 3.87. The molecule has 0 saturated heterocycles. The van der Waals surface area contributed by atoms with Gasteiger partial charge in [-0.25, -0.2) is 0 Å². The highest BCUT2D eigenvalue weighted by Gasteiger charge is 2.23. The highest BCUT2D eigenvalue weighted by atomic mass is 32.1. The first-order valence-electron chi connectivity index (χ1n) is 7.84. The smallest absolute Gasteiger partial charge is 0.167 e. The minimum Gasteiger partial charge on any atom is -0.360 e. The Morgan fingerprint density at radius 1 is 1.14 bits per heavy atom. The summed E-state index contributed by atoms with van der Waals surface area (Å²) in [7, 11) is 0. The fraction of sp³-hybridized carbons (Fsp3) is 0.389. The highest BCUT2D eigenvalue weighted by molar-refractivity contribution is 7.80. The minimum absolute atomic E-state index is 0.125. The van der Waals surface area contributed by atoms with Gasteiger partial charge in [0.2, 0.25) is 0 Å². The van der Waals surface area contributed by atoms with Crippen LogP contribution in [0.1, 0.15) is 54.7 Å². The van der Waals surface area contributed by atoms with Crippen LogP contribution >= 0.6 is 23.6 Å². The Morgan fingerprint density at radius 2 is 1.82 bits per heavy atom. The molecule has 2 aromatic rings. The number of thiocarbonyl (C=S) groups is 1. The molecule has 0 amide bonds. The van der Waals surface area contributed by atoms with Gasteiger partial charge in [-0.15, -0.1) is 11.3 Å². The van der Waals surface area contributed by atoms with Gasteiger partial charge < -0.3 is 10.6 Å². The first kappa shape index (κ1) is 15.5. The van der Waals surface area contributed by atoms with Crippen molar-refractivity contribution in [2.45, 2.75) is 44.7 Å². The van der Waals surface area contributed by atoms with E-state index in [9.17, 15) is 0 Å². The van der Waals surface area contributed by atoms with Crippen molar-refractivity contribution in [1.29, 1.82) is 0 Å². The summed E-state index contributed by atoms with van der Waals surface area (Å²) >= 11 is 7.23. The zero-order valence-electron chi connectivity index (χ0n) is 13.0.